The normalized spacial score (nSPS) is 18.9. The number of hydrogen-bond acceptors (Lipinski definition) is 6. The lowest BCUT2D eigenvalue weighted by Crippen LogP contribution is -2.39. The largest absolute Gasteiger partial charge is 0.393 e. The van der Waals surface area contributed by atoms with Gasteiger partial charge in [-0.3, -0.25) is 4.79 Å². The van der Waals surface area contributed by atoms with Crippen LogP contribution in [0.5, 0.6) is 0 Å². The summed E-state index contributed by atoms with van der Waals surface area (Å²) in [6.07, 6.45) is 3.27. The Morgan fingerprint density at radius 2 is 2.09 bits per heavy atom. The average Bonchev–Trinajstić information content (AvgIpc) is 3.23. The van der Waals surface area contributed by atoms with Crippen LogP contribution >= 0.6 is 0 Å². The number of nitrogens with zero attached hydrogens (tertiary/aromatic N) is 4. The van der Waals surface area contributed by atoms with E-state index in [9.17, 15) is 19.6 Å². The van der Waals surface area contributed by atoms with E-state index in [1.165, 1.54) is 6.07 Å². The third-order valence-corrected chi connectivity index (χ3v) is 6.18. The fourth-order valence-electron chi connectivity index (χ4n) is 4.41. The molecule has 0 unspecified atom stereocenters. The monoisotopic (exact) mass is 443 g/mol. The van der Waals surface area contributed by atoms with Gasteiger partial charge >= 0.3 is 0 Å². The summed E-state index contributed by atoms with van der Waals surface area (Å²) in [6.45, 7) is 0.446. The van der Waals surface area contributed by atoms with Gasteiger partial charge in [-0.05, 0) is 54.7 Å². The van der Waals surface area contributed by atoms with Crippen molar-refractivity contribution < 1.29 is 14.3 Å². The molecule has 0 atom stereocenters. The van der Waals surface area contributed by atoms with Crippen LogP contribution in [-0.2, 0) is 17.6 Å². The second kappa shape index (κ2) is 8.60. The minimum Gasteiger partial charge on any atom is -0.393 e. The van der Waals surface area contributed by atoms with Crippen molar-refractivity contribution in [2.24, 2.45) is 0 Å². The molecule has 7 nitrogen and oxygen atoms in total. The van der Waals surface area contributed by atoms with Gasteiger partial charge in [-0.25, -0.2) is 14.4 Å². The molecule has 0 saturated heterocycles. The zero-order valence-corrected chi connectivity index (χ0v) is 17.8. The maximum Gasteiger partial charge on any atom is 0.231 e. The summed E-state index contributed by atoms with van der Waals surface area (Å²) >= 11 is 0. The number of halogens is 1. The molecular formula is C25H22FN5O2. The van der Waals surface area contributed by atoms with E-state index < -0.39 is 5.82 Å². The average molecular weight is 443 g/mol. The van der Waals surface area contributed by atoms with Crippen molar-refractivity contribution in [1.29, 1.82) is 5.26 Å². The molecule has 1 aliphatic heterocycles. The summed E-state index contributed by atoms with van der Waals surface area (Å²) in [4.78, 5) is 23.4. The van der Waals surface area contributed by atoms with Crippen LogP contribution in [0.1, 0.15) is 29.5 Å². The molecular weight excluding hydrogens is 421 g/mol. The van der Waals surface area contributed by atoms with E-state index in [-0.39, 0.29) is 24.5 Å². The molecule has 166 valence electrons. The van der Waals surface area contributed by atoms with E-state index in [0.29, 0.717) is 54.3 Å². The SMILES string of the molecule is N#Cc1cc(-c2ccnc(N[C@H]3C[C@H](O)C3)n2)cc2c1N(C(=O)Cc1ccccc1F)CC2. The molecule has 1 aliphatic carbocycles. The molecule has 1 amide bonds. The van der Waals surface area contributed by atoms with Gasteiger partial charge in [0.1, 0.15) is 11.9 Å². The predicted octanol–water partition coefficient (Wildman–Crippen LogP) is 3.22. The standard InChI is InChI=1S/C25H22FN5O2/c26-21-4-2-1-3-15(21)11-23(33)31-8-6-16-9-17(10-18(14-27)24(16)31)22-5-7-28-25(30-22)29-19-12-20(32)13-19/h1-5,7,9-10,19-20,32H,6,8,11-13H2,(H,28,29,30)/t19-,20-. The van der Waals surface area contributed by atoms with Crippen molar-refractivity contribution in [2.75, 3.05) is 16.8 Å². The quantitative estimate of drug-likeness (QED) is 0.628. The zero-order valence-electron chi connectivity index (χ0n) is 17.8. The van der Waals surface area contributed by atoms with E-state index in [4.69, 9.17) is 0 Å². The molecule has 2 N–H and O–H groups in total. The number of rotatable bonds is 5. The third-order valence-electron chi connectivity index (χ3n) is 6.18. The molecule has 1 fully saturated rings. The van der Waals surface area contributed by atoms with Crippen LogP contribution in [0.4, 0.5) is 16.0 Å². The summed E-state index contributed by atoms with van der Waals surface area (Å²) in [5.41, 5.74) is 3.65. The van der Waals surface area contributed by atoms with Crippen LogP contribution in [0.3, 0.4) is 0 Å². The number of aliphatic hydroxyl groups is 1. The predicted molar refractivity (Wildman–Crippen MR) is 121 cm³/mol. The second-order valence-electron chi connectivity index (χ2n) is 8.44. The Labute approximate surface area is 190 Å². The molecule has 8 heteroatoms. The fraction of sp³-hybridized carbons (Fsp3) is 0.280. The van der Waals surface area contributed by atoms with Gasteiger partial charge in [0, 0.05) is 24.3 Å². The van der Waals surface area contributed by atoms with Crippen molar-refractivity contribution in [3.63, 3.8) is 0 Å². The van der Waals surface area contributed by atoms with Crippen molar-refractivity contribution in [2.45, 2.75) is 37.8 Å². The van der Waals surface area contributed by atoms with Crippen molar-refractivity contribution in [3.05, 3.63) is 71.2 Å². The van der Waals surface area contributed by atoms with E-state index in [1.54, 1.807) is 41.4 Å². The lowest BCUT2D eigenvalue weighted by Gasteiger charge is -2.31. The molecule has 0 bridgehead atoms. The smallest absolute Gasteiger partial charge is 0.231 e. The molecule has 2 aromatic carbocycles. The molecule has 2 heterocycles. The van der Waals surface area contributed by atoms with Crippen molar-refractivity contribution >= 4 is 17.5 Å². The summed E-state index contributed by atoms with van der Waals surface area (Å²) in [7, 11) is 0. The van der Waals surface area contributed by atoms with Gasteiger partial charge in [-0.2, -0.15) is 5.26 Å². The number of aliphatic hydroxyl groups excluding tert-OH is 1. The number of anilines is 2. The van der Waals surface area contributed by atoms with E-state index in [1.807, 2.05) is 6.07 Å². The lowest BCUT2D eigenvalue weighted by atomic mass is 9.90. The fourth-order valence-corrected chi connectivity index (χ4v) is 4.41. The molecule has 1 aromatic heterocycles. The summed E-state index contributed by atoms with van der Waals surface area (Å²) in [5, 5.41) is 22.5. The van der Waals surface area contributed by atoms with Gasteiger partial charge in [0.05, 0.1) is 29.5 Å². The highest BCUT2D eigenvalue weighted by Gasteiger charge is 2.30. The number of benzene rings is 2. The van der Waals surface area contributed by atoms with Crippen LogP contribution in [0, 0.1) is 17.1 Å². The third kappa shape index (κ3) is 4.15. The molecule has 1 saturated carbocycles. The van der Waals surface area contributed by atoms with Crippen molar-refractivity contribution in [3.8, 4) is 17.3 Å². The Kier molecular flexibility index (Phi) is 5.48. The first-order valence-electron chi connectivity index (χ1n) is 10.9. The topological polar surface area (TPSA) is 102 Å². The number of nitrogens with one attached hydrogen (secondary N) is 1. The number of hydrogen-bond donors (Lipinski definition) is 2. The summed E-state index contributed by atoms with van der Waals surface area (Å²) < 4.78 is 14.0. The maximum atomic E-state index is 14.0. The maximum absolute atomic E-state index is 14.0. The molecule has 2 aliphatic rings. The summed E-state index contributed by atoms with van der Waals surface area (Å²) in [5.74, 6) is -0.171. The molecule has 5 rings (SSSR count). The Balaban J connectivity index is 1.41. The Hall–Kier alpha value is -3.83. The number of carbonyl (C=O) groups is 1. The number of aromatic nitrogens is 2. The highest BCUT2D eigenvalue weighted by Crippen LogP contribution is 2.36. The minimum atomic E-state index is -0.411. The first-order valence-corrected chi connectivity index (χ1v) is 10.9. The molecule has 0 radical (unpaired) electrons. The molecule has 3 aromatic rings. The van der Waals surface area contributed by atoms with Crippen LogP contribution in [0.25, 0.3) is 11.3 Å². The number of nitriles is 1. The van der Waals surface area contributed by atoms with Crippen LogP contribution in [0.2, 0.25) is 0 Å². The first kappa shape index (κ1) is 21.0. The number of carbonyl (C=O) groups excluding carboxylic acids is 1. The highest BCUT2D eigenvalue weighted by atomic mass is 19.1. The number of fused-ring (bicyclic) bond motifs is 1. The Morgan fingerprint density at radius 3 is 2.85 bits per heavy atom. The minimum absolute atomic E-state index is 0.0600. The van der Waals surface area contributed by atoms with Crippen LogP contribution in [-0.4, -0.2) is 39.7 Å². The van der Waals surface area contributed by atoms with Gasteiger partial charge < -0.3 is 15.3 Å². The van der Waals surface area contributed by atoms with Gasteiger partial charge in [0.2, 0.25) is 11.9 Å². The van der Waals surface area contributed by atoms with Gasteiger partial charge in [-0.1, -0.05) is 18.2 Å². The highest BCUT2D eigenvalue weighted by molar-refractivity contribution is 5.98. The van der Waals surface area contributed by atoms with Gasteiger partial charge in [0.25, 0.3) is 0 Å². The zero-order chi connectivity index (χ0) is 22.9. The summed E-state index contributed by atoms with van der Waals surface area (Å²) in [6, 6.07) is 14.1. The molecule has 33 heavy (non-hydrogen) atoms. The first-order chi connectivity index (χ1) is 16.0. The van der Waals surface area contributed by atoms with Crippen LogP contribution in [0.15, 0.2) is 48.7 Å². The van der Waals surface area contributed by atoms with E-state index >= 15 is 0 Å². The van der Waals surface area contributed by atoms with E-state index in [2.05, 4.69) is 21.4 Å². The van der Waals surface area contributed by atoms with Gasteiger partial charge in [0.15, 0.2) is 0 Å². The Bertz CT molecular complexity index is 1270. The lowest BCUT2D eigenvalue weighted by molar-refractivity contribution is -0.117. The van der Waals surface area contributed by atoms with Crippen LogP contribution < -0.4 is 10.2 Å². The second-order valence-corrected chi connectivity index (χ2v) is 8.44. The Morgan fingerprint density at radius 1 is 1.27 bits per heavy atom. The van der Waals surface area contributed by atoms with Gasteiger partial charge in [-0.15, -0.1) is 0 Å². The number of amides is 1. The molecule has 0 spiro atoms. The van der Waals surface area contributed by atoms with E-state index in [0.717, 1.165) is 11.1 Å². The van der Waals surface area contributed by atoms with Crippen molar-refractivity contribution in [1.82, 2.24) is 9.97 Å².